The van der Waals surface area contributed by atoms with Gasteiger partial charge in [0.25, 0.3) is 5.91 Å². The lowest BCUT2D eigenvalue weighted by Gasteiger charge is -2.09. The quantitative estimate of drug-likeness (QED) is 0.291. The highest BCUT2D eigenvalue weighted by molar-refractivity contribution is 7.99. The first-order chi connectivity index (χ1) is 15.0. The summed E-state index contributed by atoms with van der Waals surface area (Å²) in [6.07, 6.45) is 1.60. The number of ether oxygens (including phenoxy) is 1. The van der Waals surface area contributed by atoms with Crippen LogP contribution in [0.3, 0.4) is 0 Å². The summed E-state index contributed by atoms with van der Waals surface area (Å²) < 4.78 is 5.76. The van der Waals surface area contributed by atoms with Crippen LogP contribution in [0, 0.1) is 0 Å². The first-order valence-corrected chi connectivity index (χ1v) is 11.5. The molecule has 31 heavy (non-hydrogen) atoms. The first-order valence-electron chi connectivity index (χ1n) is 9.66. The number of nitrogens with zero attached hydrogens (tertiary/aromatic N) is 1. The summed E-state index contributed by atoms with van der Waals surface area (Å²) in [6, 6.07) is 22.8. The maximum absolute atomic E-state index is 12.2. The molecule has 0 saturated carbocycles. The topological polar surface area (TPSA) is 50.7 Å². The Labute approximate surface area is 196 Å². The molecule has 0 bridgehead atoms. The lowest BCUT2D eigenvalue weighted by Crippen LogP contribution is -2.26. The minimum Gasteiger partial charge on any atom is -0.489 e. The number of hydrogen-bond acceptors (Lipinski definition) is 4. The van der Waals surface area contributed by atoms with Gasteiger partial charge in [0, 0.05) is 21.4 Å². The highest BCUT2D eigenvalue weighted by Gasteiger charge is 2.12. The number of amides is 1. The zero-order valence-corrected chi connectivity index (χ0v) is 19.3. The number of rotatable bonds is 9. The Morgan fingerprint density at radius 3 is 2.55 bits per heavy atom. The van der Waals surface area contributed by atoms with Crippen molar-refractivity contribution < 1.29 is 9.53 Å². The van der Waals surface area contributed by atoms with Gasteiger partial charge in [-0.05, 0) is 54.4 Å². The smallest absolute Gasteiger partial charge is 0.252 e. The van der Waals surface area contributed by atoms with Crippen LogP contribution in [0.15, 0.2) is 77.9 Å². The van der Waals surface area contributed by atoms with Crippen molar-refractivity contribution in [3.8, 4) is 5.75 Å². The van der Waals surface area contributed by atoms with Gasteiger partial charge >= 0.3 is 0 Å². The largest absolute Gasteiger partial charge is 0.489 e. The maximum atomic E-state index is 12.2. The second kappa shape index (κ2) is 11.8. The standard InChI is InChI=1S/C24H22Cl2N2O2S/c1-17(31-16-19-5-3-2-4-6-19)24(29)28-27-14-18-7-11-22(12-8-18)30-15-20-9-10-21(25)13-23(20)26/h2-14,17H,15-16H2,1H3,(H,28,29)/b27-14-/t17-/m1/s1. The van der Waals surface area contributed by atoms with Crippen LogP contribution in [0.1, 0.15) is 23.6 Å². The Morgan fingerprint density at radius 1 is 1.10 bits per heavy atom. The van der Waals surface area contributed by atoms with E-state index in [2.05, 4.69) is 10.5 Å². The van der Waals surface area contributed by atoms with E-state index in [4.69, 9.17) is 27.9 Å². The van der Waals surface area contributed by atoms with Crippen LogP contribution in [0.5, 0.6) is 5.75 Å². The number of hydrazone groups is 1. The lowest BCUT2D eigenvalue weighted by atomic mass is 10.2. The van der Waals surface area contributed by atoms with Crippen LogP contribution in [0.2, 0.25) is 10.0 Å². The van der Waals surface area contributed by atoms with Crippen LogP contribution < -0.4 is 10.2 Å². The van der Waals surface area contributed by atoms with Crippen LogP contribution in [0.25, 0.3) is 0 Å². The fraction of sp³-hybridized carbons (Fsp3) is 0.167. The molecule has 3 rings (SSSR count). The lowest BCUT2D eigenvalue weighted by molar-refractivity contribution is -0.120. The van der Waals surface area contributed by atoms with Gasteiger partial charge in [0.05, 0.1) is 11.5 Å². The summed E-state index contributed by atoms with van der Waals surface area (Å²) in [6.45, 7) is 2.22. The van der Waals surface area contributed by atoms with Gasteiger partial charge in [0.1, 0.15) is 12.4 Å². The molecule has 1 amide bonds. The van der Waals surface area contributed by atoms with E-state index in [-0.39, 0.29) is 11.2 Å². The molecule has 0 radical (unpaired) electrons. The van der Waals surface area contributed by atoms with Crippen LogP contribution in [-0.2, 0) is 17.2 Å². The molecule has 0 heterocycles. The van der Waals surface area contributed by atoms with E-state index in [0.717, 1.165) is 16.9 Å². The van der Waals surface area contributed by atoms with Gasteiger partial charge in [-0.1, -0.05) is 59.6 Å². The zero-order chi connectivity index (χ0) is 22.1. The van der Waals surface area contributed by atoms with Gasteiger partial charge in [0.2, 0.25) is 0 Å². The van der Waals surface area contributed by atoms with E-state index >= 15 is 0 Å². The third-order valence-electron chi connectivity index (χ3n) is 4.39. The predicted octanol–water partition coefficient (Wildman–Crippen LogP) is 6.34. The number of carbonyl (C=O) groups is 1. The van der Waals surface area contributed by atoms with Crippen molar-refractivity contribution in [3.63, 3.8) is 0 Å². The first kappa shape index (κ1) is 23.2. The fourth-order valence-corrected chi connectivity index (χ4v) is 3.88. The Hall–Kier alpha value is -2.47. The number of nitrogens with one attached hydrogen (secondary N) is 1. The number of benzene rings is 3. The maximum Gasteiger partial charge on any atom is 0.252 e. The second-order valence-corrected chi connectivity index (χ2v) is 8.94. The minimum absolute atomic E-state index is 0.128. The molecule has 3 aromatic carbocycles. The fourth-order valence-electron chi connectivity index (χ4n) is 2.58. The molecule has 0 aliphatic carbocycles. The van der Waals surface area contributed by atoms with Gasteiger partial charge in [0.15, 0.2) is 0 Å². The third kappa shape index (κ3) is 7.62. The van der Waals surface area contributed by atoms with E-state index in [1.54, 1.807) is 30.1 Å². The van der Waals surface area contributed by atoms with E-state index in [1.165, 1.54) is 5.56 Å². The molecular formula is C24H22Cl2N2O2S. The molecule has 0 aliphatic rings. The van der Waals surface area contributed by atoms with Crippen molar-refractivity contribution >= 4 is 47.1 Å². The van der Waals surface area contributed by atoms with Crippen molar-refractivity contribution in [2.75, 3.05) is 0 Å². The van der Waals surface area contributed by atoms with Gasteiger partial charge in [-0.15, -0.1) is 11.8 Å². The van der Waals surface area contributed by atoms with Crippen LogP contribution >= 0.6 is 35.0 Å². The monoisotopic (exact) mass is 472 g/mol. The Morgan fingerprint density at radius 2 is 1.84 bits per heavy atom. The van der Waals surface area contributed by atoms with Crippen molar-refractivity contribution in [2.45, 2.75) is 24.5 Å². The SMILES string of the molecule is C[C@@H](SCc1ccccc1)C(=O)N/N=C\c1ccc(OCc2ccc(Cl)cc2Cl)cc1. The van der Waals surface area contributed by atoms with Crippen molar-refractivity contribution in [1.29, 1.82) is 0 Å². The van der Waals surface area contributed by atoms with Gasteiger partial charge in [-0.25, -0.2) is 5.43 Å². The summed E-state index contributed by atoms with van der Waals surface area (Å²) >= 11 is 13.6. The summed E-state index contributed by atoms with van der Waals surface area (Å²) in [5.74, 6) is 1.36. The number of carbonyl (C=O) groups excluding carboxylic acids is 1. The molecule has 0 fully saturated rings. The third-order valence-corrected chi connectivity index (χ3v) is 6.19. The van der Waals surface area contributed by atoms with Gasteiger partial charge in [-0.2, -0.15) is 5.10 Å². The molecule has 160 valence electrons. The molecule has 7 heteroatoms. The minimum atomic E-state index is -0.201. The van der Waals surface area contributed by atoms with Crippen LogP contribution in [-0.4, -0.2) is 17.4 Å². The highest BCUT2D eigenvalue weighted by atomic mass is 35.5. The van der Waals surface area contributed by atoms with E-state index < -0.39 is 0 Å². The summed E-state index contributed by atoms with van der Waals surface area (Å²) in [5, 5.41) is 5.01. The Bertz CT molecular complexity index is 1030. The molecule has 0 saturated heterocycles. The number of thioether (sulfide) groups is 1. The van der Waals surface area contributed by atoms with E-state index in [9.17, 15) is 4.79 Å². The van der Waals surface area contributed by atoms with Gasteiger partial charge in [-0.3, -0.25) is 4.79 Å². The molecule has 0 unspecified atom stereocenters. The van der Waals surface area contributed by atoms with Crippen molar-refractivity contribution in [1.82, 2.24) is 5.43 Å². The molecule has 4 nitrogen and oxygen atoms in total. The van der Waals surface area contributed by atoms with Crippen molar-refractivity contribution in [2.24, 2.45) is 5.10 Å². The van der Waals surface area contributed by atoms with Crippen LogP contribution in [0.4, 0.5) is 0 Å². The van der Waals surface area contributed by atoms with E-state index in [1.807, 2.05) is 67.6 Å². The molecule has 0 aliphatic heterocycles. The molecule has 0 spiro atoms. The predicted molar refractivity (Wildman–Crippen MR) is 130 cm³/mol. The molecule has 0 aromatic heterocycles. The second-order valence-electron chi connectivity index (χ2n) is 6.77. The summed E-state index contributed by atoms with van der Waals surface area (Å²) in [7, 11) is 0. The summed E-state index contributed by atoms with van der Waals surface area (Å²) in [5.41, 5.74) is 5.49. The molecule has 3 aromatic rings. The molecule has 1 atom stereocenters. The van der Waals surface area contributed by atoms with E-state index in [0.29, 0.717) is 22.4 Å². The molecule has 1 N–H and O–H groups in total. The average Bonchev–Trinajstić information content (AvgIpc) is 2.78. The summed E-state index contributed by atoms with van der Waals surface area (Å²) in [4.78, 5) is 12.2. The highest BCUT2D eigenvalue weighted by Crippen LogP contribution is 2.23. The average molecular weight is 473 g/mol. The number of hydrogen-bond donors (Lipinski definition) is 1. The zero-order valence-electron chi connectivity index (χ0n) is 16.9. The number of halogens is 2. The van der Waals surface area contributed by atoms with Gasteiger partial charge < -0.3 is 4.74 Å². The molecular weight excluding hydrogens is 451 g/mol. The van der Waals surface area contributed by atoms with Crippen molar-refractivity contribution in [3.05, 3.63) is 99.5 Å². The normalized spacial score (nSPS) is 12.0. The Kier molecular flexibility index (Phi) is 8.83. The Balaban J connectivity index is 1.43.